The second-order valence-corrected chi connectivity index (χ2v) is 17.4. The molecule has 1 saturated heterocycles. The fourth-order valence-corrected chi connectivity index (χ4v) is 9.02. The van der Waals surface area contributed by atoms with Crippen LogP contribution >= 0.6 is 11.3 Å². The Labute approximate surface area is 351 Å². The van der Waals surface area contributed by atoms with Crippen LogP contribution in [0.1, 0.15) is 87.0 Å². The van der Waals surface area contributed by atoms with Crippen molar-refractivity contribution in [2.75, 3.05) is 18.0 Å². The highest BCUT2D eigenvalue weighted by molar-refractivity contribution is 7.89. The molecule has 7 rings (SSSR count). The van der Waals surface area contributed by atoms with E-state index in [9.17, 15) is 28.2 Å². The fourth-order valence-electron chi connectivity index (χ4n) is 7.53. The molecule has 4 heterocycles. The van der Waals surface area contributed by atoms with Gasteiger partial charge in [0.1, 0.15) is 0 Å². The summed E-state index contributed by atoms with van der Waals surface area (Å²) >= 11 is 1.72. The number of anilines is 1. The molecule has 316 valence electrons. The Kier molecular flexibility index (Phi) is 14.8. The van der Waals surface area contributed by atoms with Crippen LogP contribution in [0.3, 0.4) is 0 Å². The Morgan fingerprint density at radius 2 is 1.18 bits per heavy atom. The molecule has 0 spiro atoms. The number of carbonyl (C=O) groups is 2. The maximum absolute atomic E-state index is 11.9. The number of aliphatic carboxylic acids is 2. The molecule has 3 aromatic heterocycles. The van der Waals surface area contributed by atoms with Gasteiger partial charge in [0.2, 0.25) is 10.0 Å². The van der Waals surface area contributed by atoms with Gasteiger partial charge in [-0.2, -0.15) is 10.4 Å². The summed E-state index contributed by atoms with van der Waals surface area (Å²) in [4.78, 5) is 31.8. The zero-order chi connectivity index (χ0) is 42.6. The smallest absolute Gasteiger partial charge is 0.307 e. The quantitative estimate of drug-likeness (QED) is 0.0655. The first-order valence-electron chi connectivity index (χ1n) is 19.9. The van der Waals surface area contributed by atoms with Crippen LogP contribution < -0.4 is 10.0 Å². The number of carboxylic acid groups (broad SMARTS) is 2. The van der Waals surface area contributed by atoms with E-state index in [-0.39, 0.29) is 10.8 Å². The van der Waals surface area contributed by atoms with E-state index in [4.69, 9.17) is 5.14 Å². The number of aromatic nitrogens is 9. The van der Waals surface area contributed by atoms with Gasteiger partial charge in [-0.05, 0) is 78.5 Å². The number of rotatable bonds is 18. The topological polar surface area (TPSA) is 260 Å². The molecular weight excluding hydrogens is 807 g/mol. The Balaban J connectivity index is 0.000000201. The van der Waals surface area contributed by atoms with E-state index in [1.54, 1.807) is 23.5 Å². The largest absolute Gasteiger partial charge is 0.481 e. The summed E-state index contributed by atoms with van der Waals surface area (Å²) in [5.41, 5.74) is 4.87. The van der Waals surface area contributed by atoms with Gasteiger partial charge in [-0.1, -0.05) is 109 Å². The number of aromatic amines is 2. The first-order valence-corrected chi connectivity index (χ1v) is 22.3. The lowest BCUT2D eigenvalue weighted by Crippen LogP contribution is -2.25. The molecule has 1 fully saturated rings. The molecule has 0 radical (unpaired) electrons. The monoisotopic (exact) mass is 855 g/mol. The van der Waals surface area contributed by atoms with E-state index >= 15 is 0 Å². The SMILES string of the molecule is CCC[C@H](C(=O)O)[C@H](Cc1ccc(-c2ccc(S(N)(=O)=O)cc2)cc1)c1nn[nH]n1.CCC[C@H](C(=O)O)[C@H](Cc1ccc(-c2cnc(N3CCCC3)s2)cc1)c1nn[nH]n1. The lowest BCUT2D eigenvalue weighted by Gasteiger charge is -2.21. The molecule has 0 bridgehead atoms. The number of sulfonamides is 1. The van der Waals surface area contributed by atoms with Crippen LogP contribution in [0, 0.1) is 11.8 Å². The molecule has 3 aromatic carbocycles. The third-order valence-electron chi connectivity index (χ3n) is 10.7. The number of hydrogen-bond acceptors (Lipinski definition) is 13. The number of hydrogen-bond donors (Lipinski definition) is 5. The maximum atomic E-state index is 11.9. The number of benzene rings is 3. The predicted octanol–water partition coefficient (Wildman–Crippen LogP) is 6.09. The number of H-pyrrole nitrogens is 2. The summed E-state index contributed by atoms with van der Waals surface area (Å²) in [7, 11) is -3.73. The Morgan fingerprint density at radius 3 is 1.58 bits per heavy atom. The standard InChI is InChI=1S/C21H26N6O2S.C20H23N5O4S/c1-2-5-16(20(28)29)17(19-23-25-26-24-19)12-14-6-8-15(9-7-14)18-13-22-21(30-18)27-10-3-4-11-27;1-2-3-17(20(26)27)18(19-22-24-25-23-19)12-13-4-6-14(7-5-13)15-8-10-16(11-9-15)30(21,28)29/h6-9,13,16-17H,2-5,10-12H2,1H3,(H,28,29)(H,23,24,25,26);4-11,17-18H,2-3,12H2,1H3,(H,26,27)(H2,21,28,29)(H,22,23,24,25)/t16-,17-;17-,18-/m00/s1. The molecule has 17 nitrogen and oxygen atoms in total. The summed E-state index contributed by atoms with van der Waals surface area (Å²) in [6.07, 6.45) is 8.04. The Morgan fingerprint density at radius 1 is 0.733 bits per heavy atom. The third-order valence-corrected chi connectivity index (χ3v) is 12.7. The lowest BCUT2D eigenvalue weighted by atomic mass is 9.83. The molecule has 4 atom stereocenters. The van der Waals surface area contributed by atoms with Gasteiger partial charge < -0.3 is 15.1 Å². The zero-order valence-corrected chi connectivity index (χ0v) is 35.0. The minimum absolute atomic E-state index is 0.0569. The van der Waals surface area contributed by atoms with Crippen molar-refractivity contribution >= 4 is 38.4 Å². The average Bonchev–Trinajstić information content (AvgIpc) is 4.10. The second-order valence-electron chi connectivity index (χ2n) is 14.8. The van der Waals surface area contributed by atoms with Crippen LogP contribution in [0.4, 0.5) is 5.13 Å². The minimum Gasteiger partial charge on any atom is -0.481 e. The molecule has 0 saturated carbocycles. The number of nitrogens with one attached hydrogen (secondary N) is 2. The Hall–Kier alpha value is -5.92. The molecular formula is C41H49N11O6S2. The molecule has 6 N–H and O–H groups in total. The molecule has 60 heavy (non-hydrogen) atoms. The van der Waals surface area contributed by atoms with Crippen LogP contribution in [0.2, 0.25) is 0 Å². The summed E-state index contributed by atoms with van der Waals surface area (Å²) in [6.45, 7) is 6.11. The van der Waals surface area contributed by atoms with E-state index in [1.165, 1.54) is 25.0 Å². The van der Waals surface area contributed by atoms with Gasteiger partial charge >= 0.3 is 11.9 Å². The molecule has 0 aliphatic carbocycles. The first kappa shape index (κ1) is 43.7. The van der Waals surface area contributed by atoms with Gasteiger partial charge in [0.05, 0.1) is 21.6 Å². The van der Waals surface area contributed by atoms with E-state index in [1.807, 2.05) is 44.3 Å². The number of thiazole rings is 1. The van der Waals surface area contributed by atoms with Crippen molar-refractivity contribution in [3.63, 3.8) is 0 Å². The van der Waals surface area contributed by atoms with E-state index in [2.05, 4.69) is 75.4 Å². The molecule has 1 aliphatic rings. The van der Waals surface area contributed by atoms with Crippen molar-refractivity contribution in [1.82, 2.24) is 46.2 Å². The highest BCUT2D eigenvalue weighted by Crippen LogP contribution is 2.35. The summed E-state index contributed by atoms with van der Waals surface area (Å²) in [5.74, 6) is -2.73. The molecule has 1 aliphatic heterocycles. The van der Waals surface area contributed by atoms with Crippen molar-refractivity contribution in [3.8, 4) is 21.6 Å². The van der Waals surface area contributed by atoms with Crippen LogP contribution in [0.5, 0.6) is 0 Å². The van der Waals surface area contributed by atoms with E-state index < -0.39 is 39.7 Å². The van der Waals surface area contributed by atoms with Crippen molar-refractivity contribution in [1.29, 1.82) is 0 Å². The van der Waals surface area contributed by atoms with Crippen molar-refractivity contribution in [3.05, 3.63) is 102 Å². The van der Waals surface area contributed by atoms with Crippen molar-refractivity contribution < 1.29 is 28.2 Å². The van der Waals surface area contributed by atoms with Crippen LogP contribution in [-0.2, 0) is 32.5 Å². The highest BCUT2D eigenvalue weighted by atomic mass is 32.2. The third kappa shape index (κ3) is 11.2. The number of primary sulfonamides is 1. The minimum atomic E-state index is -3.73. The van der Waals surface area contributed by atoms with Crippen LogP contribution in [-0.4, -0.2) is 89.9 Å². The molecule has 6 aromatic rings. The van der Waals surface area contributed by atoms with Gasteiger partial charge in [-0.3, -0.25) is 9.59 Å². The molecule has 0 unspecified atom stereocenters. The number of tetrazole rings is 2. The van der Waals surface area contributed by atoms with Gasteiger partial charge in [-0.15, -0.1) is 20.4 Å². The maximum Gasteiger partial charge on any atom is 0.307 e. The highest BCUT2D eigenvalue weighted by Gasteiger charge is 2.33. The van der Waals surface area contributed by atoms with Gasteiger partial charge in [0, 0.05) is 31.1 Å². The fraction of sp³-hybridized carbons (Fsp3) is 0.390. The lowest BCUT2D eigenvalue weighted by molar-refractivity contribution is -0.144. The van der Waals surface area contributed by atoms with Gasteiger partial charge in [0.25, 0.3) is 0 Å². The first-order chi connectivity index (χ1) is 28.9. The normalized spacial score (nSPS) is 14.8. The number of nitrogens with zero attached hydrogens (tertiary/aromatic N) is 8. The van der Waals surface area contributed by atoms with Crippen LogP contribution in [0.15, 0.2) is 83.9 Å². The van der Waals surface area contributed by atoms with Crippen LogP contribution in [0.25, 0.3) is 21.6 Å². The predicted molar refractivity (Wildman–Crippen MR) is 226 cm³/mol. The summed E-state index contributed by atoms with van der Waals surface area (Å²) in [5, 5.41) is 53.9. The van der Waals surface area contributed by atoms with Crippen molar-refractivity contribution in [2.45, 2.75) is 81.9 Å². The van der Waals surface area contributed by atoms with E-state index in [0.29, 0.717) is 37.3 Å². The number of nitrogens with two attached hydrogens (primary N) is 1. The average molecular weight is 856 g/mol. The summed E-state index contributed by atoms with van der Waals surface area (Å²) in [6, 6.07) is 22.2. The summed E-state index contributed by atoms with van der Waals surface area (Å²) < 4.78 is 22.8. The zero-order valence-electron chi connectivity index (χ0n) is 33.4. The molecule has 0 amide bonds. The Bertz CT molecular complexity index is 2370. The van der Waals surface area contributed by atoms with Gasteiger partial charge in [-0.25, -0.2) is 18.5 Å². The molecule has 19 heteroatoms. The van der Waals surface area contributed by atoms with E-state index in [0.717, 1.165) is 63.8 Å². The number of carboxylic acids is 2. The van der Waals surface area contributed by atoms with Crippen molar-refractivity contribution in [2.24, 2.45) is 17.0 Å². The second kappa shape index (κ2) is 20.4. The van der Waals surface area contributed by atoms with Gasteiger partial charge in [0.15, 0.2) is 16.8 Å².